The summed E-state index contributed by atoms with van der Waals surface area (Å²) in [7, 11) is 0. The number of hydrogen-bond donors (Lipinski definition) is 2. The van der Waals surface area contributed by atoms with Crippen molar-refractivity contribution in [2.45, 2.75) is 31.8 Å². The van der Waals surface area contributed by atoms with Crippen molar-refractivity contribution < 1.29 is 13.9 Å². The molecule has 1 saturated heterocycles. The van der Waals surface area contributed by atoms with E-state index in [1.54, 1.807) is 0 Å². The second-order valence-corrected chi connectivity index (χ2v) is 7.26. The minimum absolute atomic E-state index is 0.0178. The Morgan fingerprint density at radius 3 is 2.81 bits per heavy atom. The van der Waals surface area contributed by atoms with Crippen LogP contribution in [0.5, 0.6) is 0 Å². The maximum atomic E-state index is 12.5. The third kappa shape index (κ3) is 4.17. The van der Waals surface area contributed by atoms with Crippen LogP contribution in [-0.2, 0) is 11.2 Å². The molecule has 6 heteroatoms. The number of nitrogens with one attached hydrogen (secondary N) is 2. The quantitative estimate of drug-likeness (QED) is 0.850. The van der Waals surface area contributed by atoms with Crippen LogP contribution < -0.4 is 10.6 Å². The van der Waals surface area contributed by atoms with E-state index in [9.17, 15) is 4.79 Å². The van der Waals surface area contributed by atoms with Crippen LogP contribution in [0.3, 0.4) is 0 Å². The van der Waals surface area contributed by atoms with Gasteiger partial charge in [-0.3, -0.25) is 4.90 Å². The molecule has 144 valence electrons. The van der Waals surface area contributed by atoms with Crippen LogP contribution in [0, 0.1) is 6.92 Å². The van der Waals surface area contributed by atoms with Gasteiger partial charge in [-0.15, -0.1) is 0 Å². The van der Waals surface area contributed by atoms with Crippen LogP contribution in [0.1, 0.15) is 41.2 Å². The van der Waals surface area contributed by atoms with Crippen LogP contribution >= 0.6 is 0 Å². The maximum Gasteiger partial charge on any atom is 0.315 e. The minimum Gasteiger partial charge on any atom is -0.465 e. The second-order valence-electron chi connectivity index (χ2n) is 7.26. The fourth-order valence-corrected chi connectivity index (χ4v) is 4.04. The van der Waals surface area contributed by atoms with Gasteiger partial charge in [-0.25, -0.2) is 4.79 Å². The Morgan fingerprint density at radius 2 is 2.04 bits per heavy atom. The Hall–Kier alpha value is -2.31. The smallest absolute Gasteiger partial charge is 0.315 e. The molecule has 1 aromatic heterocycles. The van der Waals surface area contributed by atoms with E-state index in [-0.39, 0.29) is 18.1 Å². The van der Waals surface area contributed by atoms with Crippen molar-refractivity contribution in [3.63, 3.8) is 0 Å². The summed E-state index contributed by atoms with van der Waals surface area (Å²) in [6.07, 6.45) is 1.97. The van der Waals surface area contributed by atoms with Gasteiger partial charge in [0.25, 0.3) is 0 Å². The molecule has 2 amide bonds. The normalized spacial score (nSPS) is 20.9. The molecule has 1 aliphatic carbocycles. The number of ether oxygens (including phenoxy) is 1. The summed E-state index contributed by atoms with van der Waals surface area (Å²) in [5, 5.41) is 6.18. The molecular weight excluding hydrogens is 342 g/mol. The van der Waals surface area contributed by atoms with Crippen molar-refractivity contribution in [3.8, 4) is 0 Å². The lowest BCUT2D eigenvalue weighted by molar-refractivity contribution is 0.0121. The number of morpholine rings is 1. The highest BCUT2D eigenvalue weighted by Gasteiger charge is 2.27. The predicted octanol–water partition coefficient (Wildman–Crippen LogP) is 2.95. The summed E-state index contributed by atoms with van der Waals surface area (Å²) in [5.41, 5.74) is 2.57. The van der Waals surface area contributed by atoms with Crippen LogP contribution in [-0.4, -0.2) is 43.8 Å². The maximum absolute atomic E-state index is 12.5. The average Bonchev–Trinajstić information content (AvgIpc) is 3.30. The first-order valence-corrected chi connectivity index (χ1v) is 9.71. The summed E-state index contributed by atoms with van der Waals surface area (Å²) in [4.78, 5) is 14.8. The van der Waals surface area contributed by atoms with Gasteiger partial charge in [0, 0.05) is 19.6 Å². The highest BCUT2D eigenvalue weighted by molar-refractivity contribution is 5.74. The first kappa shape index (κ1) is 18.1. The van der Waals surface area contributed by atoms with Gasteiger partial charge >= 0.3 is 6.03 Å². The highest BCUT2D eigenvalue weighted by Crippen LogP contribution is 2.30. The van der Waals surface area contributed by atoms with E-state index in [4.69, 9.17) is 9.15 Å². The molecule has 2 aliphatic rings. The molecule has 0 spiro atoms. The van der Waals surface area contributed by atoms with E-state index in [1.165, 1.54) is 11.1 Å². The Bertz CT molecular complexity index is 782. The molecule has 2 heterocycles. The largest absolute Gasteiger partial charge is 0.465 e. The van der Waals surface area contributed by atoms with Crippen molar-refractivity contribution in [1.29, 1.82) is 0 Å². The molecule has 27 heavy (non-hydrogen) atoms. The molecule has 0 saturated carbocycles. The molecule has 2 atom stereocenters. The zero-order chi connectivity index (χ0) is 18.6. The molecule has 2 N–H and O–H groups in total. The van der Waals surface area contributed by atoms with Crippen molar-refractivity contribution in [2.24, 2.45) is 0 Å². The number of furan rings is 1. The zero-order valence-corrected chi connectivity index (χ0v) is 15.7. The summed E-state index contributed by atoms with van der Waals surface area (Å²) < 4.78 is 11.3. The van der Waals surface area contributed by atoms with Crippen LogP contribution in [0.2, 0.25) is 0 Å². The van der Waals surface area contributed by atoms with Crippen LogP contribution in [0.4, 0.5) is 4.79 Å². The number of rotatable bonds is 5. The number of hydrogen-bond acceptors (Lipinski definition) is 4. The summed E-state index contributed by atoms with van der Waals surface area (Å²) in [6.45, 7) is 5.54. The van der Waals surface area contributed by atoms with Crippen LogP contribution in [0.25, 0.3) is 0 Å². The Labute approximate surface area is 159 Å². The van der Waals surface area contributed by atoms with E-state index < -0.39 is 0 Å². The van der Waals surface area contributed by atoms with Crippen LogP contribution in [0.15, 0.2) is 40.8 Å². The van der Waals surface area contributed by atoms with E-state index in [0.29, 0.717) is 19.8 Å². The van der Waals surface area contributed by atoms with E-state index >= 15 is 0 Å². The molecule has 0 bridgehead atoms. The highest BCUT2D eigenvalue weighted by atomic mass is 16.5. The Morgan fingerprint density at radius 1 is 1.22 bits per heavy atom. The first-order valence-electron chi connectivity index (χ1n) is 9.71. The van der Waals surface area contributed by atoms with Gasteiger partial charge < -0.3 is 19.8 Å². The molecule has 4 rings (SSSR count). The number of carbonyl (C=O) groups is 1. The fraction of sp³-hybridized carbons (Fsp3) is 0.476. The SMILES string of the molecule is Cc1ccc(C(CNC(=O)NC2CCc3ccccc32)N2CCOCC2)o1. The molecule has 0 radical (unpaired) electrons. The number of nitrogens with zero attached hydrogens (tertiary/aromatic N) is 1. The van der Waals surface area contributed by atoms with Crippen molar-refractivity contribution >= 4 is 6.03 Å². The van der Waals surface area contributed by atoms with Gasteiger partial charge in [0.2, 0.25) is 0 Å². The lowest BCUT2D eigenvalue weighted by Gasteiger charge is -2.33. The number of benzene rings is 1. The van der Waals surface area contributed by atoms with Crippen molar-refractivity contribution in [2.75, 3.05) is 32.8 Å². The van der Waals surface area contributed by atoms with Gasteiger partial charge in [-0.05, 0) is 43.0 Å². The number of amides is 2. The fourth-order valence-electron chi connectivity index (χ4n) is 4.04. The molecule has 1 fully saturated rings. The molecule has 2 aromatic rings. The molecular formula is C21H27N3O3. The second kappa shape index (κ2) is 8.15. The monoisotopic (exact) mass is 369 g/mol. The lowest BCUT2D eigenvalue weighted by atomic mass is 10.1. The number of fused-ring (bicyclic) bond motifs is 1. The van der Waals surface area contributed by atoms with Gasteiger partial charge in [0.15, 0.2) is 0 Å². The van der Waals surface area contributed by atoms with Gasteiger partial charge in [0.05, 0.1) is 25.3 Å². The third-order valence-corrected chi connectivity index (χ3v) is 5.47. The first-order chi connectivity index (χ1) is 13.2. The average molecular weight is 369 g/mol. The summed E-state index contributed by atoms with van der Waals surface area (Å²) >= 11 is 0. The topological polar surface area (TPSA) is 66.7 Å². The molecule has 6 nitrogen and oxygen atoms in total. The van der Waals surface area contributed by atoms with Crippen molar-refractivity contribution in [3.05, 3.63) is 59.0 Å². The predicted molar refractivity (Wildman–Crippen MR) is 103 cm³/mol. The van der Waals surface area contributed by atoms with E-state index in [0.717, 1.165) is 37.5 Å². The number of urea groups is 1. The van der Waals surface area contributed by atoms with Gasteiger partial charge in [-0.2, -0.15) is 0 Å². The van der Waals surface area contributed by atoms with Gasteiger partial charge in [0.1, 0.15) is 11.5 Å². The lowest BCUT2D eigenvalue weighted by Crippen LogP contribution is -2.46. The standard InChI is InChI=1S/C21H27N3O3/c1-15-6-9-20(27-15)19(24-10-12-26-13-11-24)14-22-21(25)23-18-8-7-16-4-2-3-5-17(16)18/h2-6,9,18-19H,7-8,10-14H2,1H3,(H2,22,23,25). The Balaban J connectivity index is 1.38. The summed E-state index contributed by atoms with van der Waals surface area (Å²) in [5.74, 6) is 1.77. The summed E-state index contributed by atoms with van der Waals surface area (Å²) in [6, 6.07) is 12.3. The number of carbonyl (C=O) groups excluding carboxylic acids is 1. The Kier molecular flexibility index (Phi) is 5.45. The number of aryl methyl sites for hydroxylation is 2. The van der Waals surface area contributed by atoms with Gasteiger partial charge in [-0.1, -0.05) is 24.3 Å². The van der Waals surface area contributed by atoms with E-state index in [1.807, 2.05) is 25.1 Å². The third-order valence-electron chi connectivity index (χ3n) is 5.47. The molecule has 2 unspecified atom stereocenters. The van der Waals surface area contributed by atoms with Crippen molar-refractivity contribution in [1.82, 2.24) is 15.5 Å². The minimum atomic E-state index is -0.127. The zero-order valence-electron chi connectivity index (χ0n) is 15.7. The molecule has 1 aromatic carbocycles. The molecule has 1 aliphatic heterocycles. The van der Waals surface area contributed by atoms with E-state index in [2.05, 4.69) is 33.7 Å².